The van der Waals surface area contributed by atoms with Crippen LogP contribution < -0.4 is 4.90 Å². The number of benzene rings is 2. The summed E-state index contributed by atoms with van der Waals surface area (Å²) in [6.07, 6.45) is 6.74. The minimum Gasteiger partial charge on any atom is -0.487 e. The number of ether oxygens (including phenoxy) is 1. The summed E-state index contributed by atoms with van der Waals surface area (Å²) in [5, 5.41) is 0.756. The van der Waals surface area contributed by atoms with Crippen molar-refractivity contribution in [3.05, 3.63) is 60.7 Å². The Morgan fingerprint density at radius 2 is 1.52 bits per heavy atom. The molecule has 2 aromatic rings. The quantitative estimate of drug-likeness (QED) is 0.361. The van der Waals surface area contributed by atoms with E-state index in [-0.39, 0.29) is 0 Å². The van der Waals surface area contributed by atoms with Crippen LogP contribution in [0.2, 0.25) is 0 Å². The van der Waals surface area contributed by atoms with Gasteiger partial charge in [0.05, 0.1) is 6.61 Å². The molecule has 0 heterocycles. The van der Waals surface area contributed by atoms with Crippen molar-refractivity contribution in [3.63, 3.8) is 0 Å². The maximum Gasteiger partial charge on any atom is 0.159 e. The van der Waals surface area contributed by atoms with E-state index in [9.17, 15) is 0 Å². The molecule has 2 aromatic carbocycles. The lowest BCUT2D eigenvalue weighted by Crippen LogP contribution is -2.20. The molecule has 0 amide bonds. The van der Waals surface area contributed by atoms with Gasteiger partial charge in [0, 0.05) is 24.3 Å². The molecule has 0 aromatic heterocycles. The molecule has 0 aliphatic carbocycles. The molecule has 2 rings (SSSR count). The first-order valence-corrected chi connectivity index (χ1v) is 10.7. The second kappa shape index (κ2) is 12.5. The van der Waals surface area contributed by atoms with Crippen LogP contribution in [0.1, 0.15) is 52.4 Å². The molecule has 146 valence electrons. The largest absolute Gasteiger partial charge is 0.487 e. The fraction of sp³-hybridized carbons (Fsp3) is 0.458. The predicted molar refractivity (Wildman–Crippen MR) is 121 cm³/mol. The van der Waals surface area contributed by atoms with Crippen molar-refractivity contribution in [1.82, 2.24) is 0 Å². The van der Waals surface area contributed by atoms with E-state index in [1.54, 1.807) is 0 Å². The van der Waals surface area contributed by atoms with Crippen molar-refractivity contribution in [2.75, 3.05) is 18.1 Å². The summed E-state index contributed by atoms with van der Waals surface area (Å²) < 4.78 is 5.90. The topological polar surface area (TPSA) is 12.5 Å². The molecule has 0 radical (unpaired) electrons. The number of nitrogens with zero attached hydrogens (tertiary/aromatic N) is 1. The van der Waals surface area contributed by atoms with Crippen LogP contribution in [0.4, 0.5) is 11.4 Å². The summed E-state index contributed by atoms with van der Waals surface area (Å²) >= 11 is 5.48. The third-order valence-electron chi connectivity index (χ3n) is 4.92. The highest BCUT2D eigenvalue weighted by Gasteiger charge is 2.11. The van der Waals surface area contributed by atoms with Gasteiger partial charge in [0.25, 0.3) is 0 Å². The number of thiocarbonyl (C=S) groups is 1. The van der Waals surface area contributed by atoms with Crippen molar-refractivity contribution >= 4 is 28.6 Å². The maximum atomic E-state index is 5.90. The van der Waals surface area contributed by atoms with E-state index >= 15 is 0 Å². The first kappa shape index (κ1) is 21.4. The number of unbranched alkanes of at least 4 members (excludes halogenated alkanes) is 1. The van der Waals surface area contributed by atoms with E-state index in [1.807, 2.05) is 0 Å². The fourth-order valence-electron chi connectivity index (χ4n) is 3.19. The predicted octanol–water partition coefficient (Wildman–Crippen LogP) is 7.17. The van der Waals surface area contributed by atoms with Crippen LogP contribution in [0.5, 0.6) is 0 Å². The molecule has 0 aliphatic heterocycles. The number of rotatable bonds is 12. The average molecular weight is 384 g/mol. The number of anilines is 2. The Balaban J connectivity index is 1.84. The zero-order valence-corrected chi connectivity index (χ0v) is 17.6. The number of hydrogen-bond acceptors (Lipinski definition) is 3. The molecule has 0 N–H and O–H groups in total. The molecule has 27 heavy (non-hydrogen) atoms. The van der Waals surface area contributed by atoms with Crippen LogP contribution in [0.25, 0.3) is 0 Å². The molecular weight excluding hydrogens is 350 g/mol. The average Bonchev–Trinajstić information content (AvgIpc) is 2.72. The van der Waals surface area contributed by atoms with Crippen LogP contribution in [-0.2, 0) is 4.74 Å². The third-order valence-corrected chi connectivity index (χ3v) is 5.24. The molecule has 0 bridgehead atoms. The minimum atomic E-state index is 0.632. The molecule has 0 saturated carbocycles. The van der Waals surface area contributed by atoms with Gasteiger partial charge in [-0.1, -0.05) is 69.5 Å². The lowest BCUT2D eigenvalue weighted by Gasteiger charge is -2.25. The molecule has 0 fully saturated rings. The van der Waals surface area contributed by atoms with E-state index in [0.717, 1.165) is 31.0 Å². The normalized spacial score (nSPS) is 11.8. The maximum absolute atomic E-state index is 5.90. The Hall–Kier alpha value is -1.87. The first-order chi connectivity index (χ1) is 13.2. The molecule has 2 nitrogen and oxygen atoms in total. The van der Waals surface area contributed by atoms with Gasteiger partial charge in [0.2, 0.25) is 0 Å². The Morgan fingerprint density at radius 1 is 0.926 bits per heavy atom. The monoisotopic (exact) mass is 383 g/mol. The van der Waals surface area contributed by atoms with Crippen LogP contribution in [-0.4, -0.2) is 18.2 Å². The van der Waals surface area contributed by atoms with Gasteiger partial charge in [-0.2, -0.15) is 0 Å². The van der Waals surface area contributed by atoms with Gasteiger partial charge in [0.1, 0.15) is 0 Å². The summed E-state index contributed by atoms with van der Waals surface area (Å²) in [7, 11) is 0. The molecule has 0 spiro atoms. The molecule has 3 heteroatoms. The molecule has 0 saturated heterocycles. The summed E-state index contributed by atoms with van der Waals surface area (Å²) in [5.74, 6) is 0.632. The Bertz CT molecular complexity index is 604. The zero-order chi connectivity index (χ0) is 19.3. The van der Waals surface area contributed by atoms with Gasteiger partial charge in [0.15, 0.2) is 5.05 Å². The lowest BCUT2D eigenvalue weighted by atomic mass is 10.0. The summed E-state index contributed by atoms with van der Waals surface area (Å²) in [5.41, 5.74) is 2.42. The molecule has 0 aliphatic rings. The Labute approximate surface area is 170 Å². The first-order valence-electron chi connectivity index (χ1n) is 10.3. The third kappa shape index (κ3) is 7.72. The Morgan fingerprint density at radius 3 is 2.04 bits per heavy atom. The molecule has 1 unspecified atom stereocenters. The van der Waals surface area contributed by atoms with E-state index in [4.69, 9.17) is 17.0 Å². The zero-order valence-electron chi connectivity index (χ0n) is 16.8. The summed E-state index contributed by atoms with van der Waals surface area (Å²) in [6.45, 7) is 6.18. The summed E-state index contributed by atoms with van der Waals surface area (Å²) in [4.78, 5) is 2.35. The molecule has 1 atom stereocenters. The highest BCUT2D eigenvalue weighted by atomic mass is 32.1. The second-order valence-corrected chi connectivity index (χ2v) is 7.48. The standard InChI is InChI=1S/C24H33NOS/c1-3-5-13-21(4-2)20-26-24(27)18-12-19-25(22-14-8-6-9-15-22)23-16-10-7-11-17-23/h6-11,14-17,21H,3-5,12-13,18-20H2,1-2H3. The van der Waals surface area contributed by atoms with E-state index < -0.39 is 0 Å². The minimum absolute atomic E-state index is 0.632. The van der Waals surface area contributed by atoms with E-state index in [2.05, 4.69) is 79.4 Å². The highest BCUT2D eigenvalue weighted by Crippen LogP contribution is 2.25. The van der Waals surface area contributed by atoms with Gasteiger partial charge >= 0.3 is 0 Å². The van der Waals surface area contributed by atoms with Crippen LogP contribution in [0.3, 0.4) is 0 Å². The Kier molecular flexibility index (Phi) is 9.93. The van der Waals surface area contributed by atoms with Crippen molar-refractivity contribution in [2.24, 2.45) is 5.92 Å². The van der Waals surface area contributed by atoms with Crippen LogP contribution in [0, 0.1) is 5.92 Å². The second-order valence-electron chi connectivity index (χ2n) is 7.03. The van der Waals surface area contributed by atoms with Crippen molar-refractivity contribution in [2.45, 2.75) is 52.4 Å². The van der Waals surface area contributed by atoms with Gasteiger partial charge in [-0.05, 0) is 55.2 Å². The summed E-state index contributed by atoms with van der Waals surface area (Å²) in [6, 6.07) is 21.1. The van der Waals surface area contributed by atoms with Crippen molar-refractivity contribution in [3.8, 4) is 0 Å². The van der Waals surface area contributed by atoms with Gasteiger partial charge < -0.3 is 9.64 Å². The lowest BCUT2D eigenvalue weighted by molar-refractivity contribution is 0.222. The van der Waals surface area contributed by atoms with Gasteiger partial charge in [-0.25, -0.2) is 0 Å². The van der Waals surface area contributed by atoms with Crippen molar-refractivity contribution in [1.29, 1.82) is 0 Å². The number of hydrogen-bond donors (Lipinski definition) is 0. The van der Waals surface area contributed by atoms with E-state index in [1.165, 1.54) is 37.1 Å². The highest BCUT2D eigenvalue weighted by molar-refractivity contribution is 7.80. The fourth-order valence-corrected chi connectivity index (χ4v) is 3.40. The van der Waals surface area contributed by atoms with Crippen LogP contribution in [0.15, 0.2) is 60.7 Å². The SMILES string of the molecule is CCCCC(CC)COC(=S)CCCN(c1ccccc1)c1ccccc1. The number of para-hydroxylation sites is 2. The van der Waals surface area contributed by atoms with Crippen molar-refractivity contribution < 1.29 is 4.74 Å². The van der Waals surface area contributed by atoms with E-state index in [0.29, 0.717) is 5.92 Å². The van der Waals surface area contributed by atoms with Crippen LogP contribution >= 0.6 is 12.2 Å². The molecular formula is C24H33NOS. The smallest absolute Gasteiger partial charge is 0.159 e. The van der Waals surface area contributed by atoms with Gasteiger partial charge in [-0.3, -0.25) is 0 Å². The van der Waals surface area contributed by atoms with Gasteiger partial charge in [-0.15, -0.1) is 0 Å².